The van der Waals surface area contributed by atoms with E-state index in [2.05, 4.69) is 265 Å². The standard InChI is InChI=1S/C60H42N2S/c1-4-22-43(23-5-1)48-30-10-15-36-54(48)61(55-37-16-11-31-49(55)44-24-6-2-7-25-44)47-29-20-28-46(42-47)51-33-13-18-39-57(51)62(56-38-17-12-32-50(56)45-26-8-3-9-27-45)58-40-21-35-53-52-34-14-19-41-59(52)63-60(53)58/h1-42H. The second-order valence-corrected chi connectivity index (χ2v) is 16.7. The Balaban J connectivity index is 1.15. The van der Waals surface area contributed by atoms with E-state index in [4.69, 9.17) is 0 Å². The van der Waals surface area contributed by atoms with Crippen molar-refractivity contribution in [3.63, 3.8) is 0 Å². The molecule has 0 radical (unpaired) electrons. The van der Waals surface area contributed by atoms with Crippen LogP contribution in [0.25, 0.3) is 64.7 Å². The number of para-hydroxylation sites is 4. The molecule has 0 amide bonds. The zero-order valence-electron chi connectivity index (χ0n) is 34.6. The first-order valence-corrected chi connectivity index (χ1v) is 22.3. The fourth-order valence-electron chi connectivity index (χ4n) is 9.02. The summed E-state index contributed by atoms with van der Waals surface area (Å²) in [5.74, 6) is 0. The highest BCUT2D eigenvalue weighted by atomic mass is 32.1. The zero-order chi connectivity index (χ0) is 42.0. The monoisotopic (exact) mass is 822 g/mol. The maximum absolute atomic E-state index is 2.50. The molecule has 0 saturated heterocycles. The molecule has 298 valence electrons. The largest absolute Gasteiger partial charge is 0.309 e. The molecule has 1 heterocycles. The van der Waals surface area contributed by atoms with E-state index < -0.39 is 0 Å². The van der Waals surface area contributed by atoms with Gasteiger partial charge in [-0.1, -0.05) is 206 Å². The molecule has 1 aromatic heterocycles. The molecule has 0 fully saturated rings. The van der Waals surface area contributed by atoms with Gasteiger partial charge in [0.1, 0.15) is 0 Å². The van der Waals surface area contributed by atoms with Gasteiger partial charge in [-0.05, 0) is 70.8 Å². The molecule has 11 aromatic rings. The van der Waals surface area contributed by atoms with E-state index in [1.165, 1.54) is 42.4 Å². The van der Waals surface area contributed by atoms with Gasteiger partial charge in [0.25, 0.3) is 0 Å². The molecule has 0 aliphatic rings. The molecule has 0 atom stereocenters. The molecule has 11 rings (SSSR count). The lowest BCUT2D eigenvalue weighted by atomic mass is 9.97. The van der Waals surface area contributed by atoms with Crippen molar-refractivity contribution in [3.05, 3.63) is 255 Å². The van der Waals surface area contributed by atoms with Gasteiger partial charge in [-0.3, -0.25) is 0 Å². The van der Waals surface area contributed by atoms with Crippen molar-refractivity contribution >= 4 is 65.6 Å². The lowest BCUT2D eigenvalue weighted by molar-refractivity contribution is 1.28. The SMILES string of the molecule is c1ccc(-c2ccccc2N(c2cccc(-c3ccccc3N(c3ccccc3-c3ccccc3)c3cccc4c3sc3ccccc34)c2)c2ccccc2-c2ccccc2)cc1. The second kappa shape index (κ2) is 16.8. The summed E-state index contributed by atoms with van der Waals surface area (Å²) in [5, 5.41) is 2.54. The van der Waals surface area contributed by atoms with Crippen LogP contribution in [0.15, 0.2) is 255 Å². The lowest BCUT2D eigenvalue weighted by Gasteiger charge is -2.31. The van der Waals surface area contributed by atoms with Crippen molar-refractivity contribution in [2.24, 2.45) is 0 Å². The normalized spacial score (nSPS) is 11.2. The van der Waals surface area contributed by atoms with Crippen molar-refractivity contribution in [1.82, 2.24) is 0 Å². The lowest BCUT2D eigenvalue weighted by Crippen LogP contribution is -2.13. The number of benzene rings is 10. The van der Waals surface area contributed by atoms with E-state index in [9.17, 15) is 0 Å². The van der Waals surface area contributed by atoms with E-state index in [1.54, 1.807) is 0 Å². The van der Waals surface area contributed by atoms with E-state index in [1.807, 2.05) is 11.3 Å². The average Bonchev–Trinajstić information content (AvgIpc) is 3.75. The van der Waals surface area contributed by atoms with Crippen LogP contribution in [-0.2, 0) is 0 Å². The third-order valence-corrected chi connectivity index (χ3v) is 13.1. The third-order valence-electron chi connectivity index (χ3n) is 11.9. The van der Waals surface area contributed by atoms with Crippen molar-refractivity contribution in [1.29, 1.82) is 0 Å². The number of fused-ring (bicyclic) bond motifs is 3. The van der Waals surface area contributed by atoms with Gasteiger partial charge in [0.05, 0.1) is 33.1 Å². The van der Waals surface area contributed by atoms with E-state index in [0.717, 1.165) is 56.4 Å². The first-order chi connectivity index (χ1) is 31.3. The Bertz CT molecular complexity index is 3270. The first kappa shape index (κ1) is 38.0. The van der Waals surface area contributed by atoms with E-state index in [-0.39, 0.29) is 0 Å². The Morgan fingerprint density at radius 1 is 0.254 bits per heavy atom. The average molecular weight is 823 g/mol. The van der Waals surface area contributed by atoms with Crippen LogP contribution in [0.5, 0.6) is 0 Å². The Labute approximate surface area is 372 Å². The van der Waals surface area contributed by atoms with Gasteiger partial charge in [-0.15, -0.1) is 11.3 Å². The predicted molar refractivity (Wildman–Crippen MR) is 270 cm³/mol. The quantitative estimate of drug-likeness (QED) is 0.136. The number of thiophene rings is 1. The minimum Gasteiger partial charge on any atom is -0.309 e. The molecule has 63 heavy (non-hydrogen) atoms. The Kier molecular flexibility index (Phi) is 10.1. The molecule has 0 unspecified atom stereocenters. The maximum Gasteiger partial charge on any atom is 0.0640 e. The summed E-state index contributed by atoms with van der Waals surface area (Å²) in [4.78, 5) is 4.94. The summed E-state index contributed by atoms with van der Waals surface area (Å²) < 4.78 is 2.54. The maximum atomic E-state index is 2.50. The first-order valence-electron chi connectivity index (χ1n) is 21.4. The summed E-state index contributed by atoms with van der Waals surface area (Å²) in [5.41, 5.74) is 15.9. The van der Waals surface area contributed by atoms with Crippen LogP contribution in [0.2, 0.25) is 0 Å². The fourth-order valence-corrected chi connectivity index (χ4v) is 10.2. The van der Waals surface area contributed by atoms with Gasteiger partial charge in [0.15, 0.2) is 0 Å². The molecule has 10 aromatic carbocycles. The number of rotatable bonds is 10. The Hall–Kier alpha value is -7.98. The topological polar surface area (TPSA) is 6.48 Å². The van der Waals surface area contributed by atoms with Crippen LogP contribution in [0.4, 0.5) is 34.1 Å². The molecule has 0 aliphatic heterocycles. The van der Waals surface area contributed by atoms with Gasteiger partial charge in [-0.25, -0.2) is 0 Å². The van der Waals surface area contributed by atoms with E-state index >= 15 is 0 Å². The second-order valence-electron chi connectivity index (χ2n) is 15.6. The molecular weight excluding hydrogens is 781 g/mol. The molecule has 2 nitrogen and oxygen atoms in total. The molecule has 0 bridgehead atoms. The zero-order valence-corrected chi connectivity index (χ0v) is 35.4. The molecule has 0 saturated carbocycles. The van der Waals surface area contributed by atoms with Crippen LogP contribution in [0.1, 0.15) is 0 Å². The van der Waals surface area contributed by atoms with Crippen LogP contribution in [0.3, 0.4) is 0 Å². The summed E-state index contributed by atoms with van der Waals surface area (Å²) in [6, 6.07) is 92.1. The highest BCUT2D eigenvalue weighted by Gasteiger charge is 2.25. The minimum absolute atomic E-state index is 1.07. The third kappa shape index (κ3) is 7.15. The molecule has 0 aliphatic carbocycles. The summed E-state index contributed by atoms with van der Waals surface area (Å²) in [6.45, 7) is 0. The van der Waals surface area contributed by atoms with Crippen molar-refractivity contribution in [2.75, 3.05) is 9.80 Å². The number of anilines is 6. The number of hydrogen-bond acceptors (Lipinski definition) is 3. The number of nitrogens with zero attached hydrogens (tertiary/aromatic N) is 2. The van der Waals surface area contributed by atoms with Crippen LogP contribution < -0.4 is 9.80 Å². The molecule has 0 N–H and O–H groups in total. The smallest absolute Gasteiger partial charge is 0.0640 e. The van der Waals surface area contributed by atoms with Crippen molar-refractivity contribution in [3.8, 4) is 44.5 Å². The number of hydrogen-bond donors (Lipinski definition) is 0. The Morgan fingerprint density at radius 3 is 1.14 bits per heavy atom. The predicted octanol–water partition coefficient (Wildman–Crippen LogP) is 17.7. The fraction of sp³-hybridized carbons (Fsp3) is 0. The molecule has 3 heteroatoms. The van der Waals surface area contributed by atoms with E-state index in [0.29, 0.717) is 0 Å². The minimum atomic E-state index is 1.07. The van der Waals surface area contributed by atoms with Crippen molar-refractivity contribution in [2.45, 2.75) is 0 Å². The van der Waals surface area contributed by atoms with Gasteiger partial charge in [-0.2, -0.15) is 0 Å². The highest BCUT2D eigenvalue weighted by molar-refractivity contribution is 7.26. The molecular formula is C60H42N2S. The highest BCUT2D eigenvalue weighted by Crippen LogP contribution is 2.50. The summed E-state index contributed by atoms with van der Waals surface area (Å²) in [7, 11) is 0. The van der Waals surface area contributed by atoms with Crippen LogP contribution >= 0.6 is 11.3 Å². The van der Waals surface area contributed by atoms with Crippen LogP contribution in [-0.4, -0.2) is 0 Å². The van der Waals surface area contributed by atoms with Gasteiger partial charge >= 0.3 is 0 Å². The van der Waals surface area contributed by atoms with Crippen molar-refractivity contribution < 1.29 is 0 Å². The molecule has 0 spiro atoms. The van der Waals surface area contributed by atoms with Crippen LogP contribution in [0, 0.1) is 0 Å². The van der Waals surface area contributed by atoms with Gasteiger partial charge < -0.3 is 9.80 Å². The van der Waals surface area contributed by atoms with Gasteiger partial charge in [0, 0.05) is 43.4 Å². The summed E-state index contributed by atoms with van der Waals surface area (Å²) in [6.07, 6.45) is 0. The Morgan fingerprint density at radius 2 is 0.619 bits per heavy atom. The van der Waals surface area contributed by atoms with Gasteiger partial charge in [0.2, 0.25) is 0 Å². The summed E-state index contributed by atoms with van der Waals surface area (Å²) >= 11 is 1.86.